The van der Waals surface area contributed by atoms with Gasteiger partial charge in [-0.05, 0) is 40.2 Å². The van der Waals surface area contributed by atoms with Crippen molar-refractivity contribution in [3.8, 4) is 0 Å². The minimum atomic E-state index is -0.492. The van der Waals surface area contributed by atoms with Crippen molar-refractivity contribution in [3.63, 3.8) is 0 Å². The van der Waals surface area contributed by atoms with E-state index < -0.39 is 12.1 Å². The second kappa shape index (κ2) is 8.61. The first-order valence-electron chi connectivity index (χ1n) is 7.48. The number of imide groups is 1. The molecule has 1 heterocycles. The van der Waals surface area contributed by atoms with Gasteiger partial charge in [-0.25, -0.2) is 4.79 Å². The van der Waals surface area contributed by atoms with E-state index in [1.54, 1.807) is 20.8 Å². The Labute approximate surface area is 125 Å². The lowest BCUT2D eigenvalue weighted by Gasteiger charge is -2.34. The third-order valence-corrected chi connectivity index (χ3v) is 3.57. The zero-order valence-corrected chi connectivity index (χ0v) is 13.0. The smallest absolute Gasteiger partial charge is 0.321 e. The topological polar surface area (TPSA) is 87.7 Å². The largest absolute Gasteiger partial charge is 0.466 e. The normalized spacial score (nSPS) is 20.4. The number of urea groups is 1. The van der Waals surface area contributed by atoms with Crippen LogP contribution in [0, 0.1) is 5.92 Å². The number of esters is 1. The van der Waals surface area contributed by atoms with Crippen LogP contribution in [-0.4, -0.2) is 55.1 Å². The van der Waals surface area contributed by atoms with Crippen molar-refractivity contribution < 1.29 is 19.1 Å². The summed E-state index contributed by atoms with van der Waals surface area (Å²) >= 11 is 0. The van der Waals surface area contributed by atoms with E-state index in [1.165, 1.54) is 0 Å². The summed E-state index contributed by atoms with van der Waals surface area (Å²) in [6.07, 6.45) is 1.61. The van der Waals surface area contributed by atoms with Gasteiger partial charge in [-0.15, -0.1) is 0 Å². The number of rotatable bonds is 5. The molecule has 0 aromatic carbocycles. The molecule has 1 aliphatic rings. The zero-order valence-electron chi connectivity index (χ0n) is 13.0. The van der Waals surface area contributed by atoms with E-state index in [1.807, 2.05) is 4.90 Å². The average Bonchev–Trinajstić information content (AvgIpc) is 2.47. The van der Waals surface area contributed by atoms with Crippen molar-refractivity contribution in [1.29, 1.82) is 0 Å². The van der Waals surface area contributed by atoms with Crippen molar-refractivity contribution in [2.24, 2.45) is 5.92 Å². The van der Waals surface area contributed by atoms with Gasteiger partial charge in [0.15, 0.2) is 0 Å². The Hall–Kier alpha value is -1.63. The highest BCUT2D eigenvalue weighted by Crippen LogP contribution is 2.19. The maximum absolute atomic E-state index is 12.0. The van der Waals surface area contributed by atoms with E-state index in [4.69, 9.17) is 4.74 Å². The molecule has 0 radical (unpaired) electrons. The molecular weight excluding hydrogens is 274 g/mol. The van der Waals surface area contributed by atoms with Gasteiger partial charge in [0.25, 0.3) is 0 Å². The number of nitrogens with one attached hydrogen (secondary N) is 2. The van der Waals surface area contributed by atoms with E-state index in [9.17, 15) is 14.4 Å². The van der Waals surface area contributed by atoms with Gasteiger partial charge in [0.1, 0.15) is 0 Å². The molecule has 1 aliphatic heterocycles. The molecule has 120 valence electrons. The lowest BCUT2D eigenvalue weighted by atomic mass is 9.97. The fourth-order valence-electron chi connectivity index (χ4n) is 2.40. The summed E-state index contributed by atoms with van der Waals surface area (Å²) < 4.78 is 5.04. The van der Waals surface area contributed by atoms with E-state index in [0.29, 0.717) is 19.7 Å². The number of hydrogen-bond acceptors (Lipinski definition) is 5. The lowest BCUT2D eigenvalue weighted by Crippen LogP contribution is -2.52. The highest BCUT2D eigenvalue weighted by Gasteiger charge is 2.31. The Bertz CT molecular complexity index is 386. The predicted molar refractivity (Wildman–Crippen MR) is 77.6 cm³/mol. The maximum Gasteiger partial charge on any atom is 0.321 e. The monoisotopic (exact) mass is 299 g/mol. The SMILES string of the molecule is CCNC(=O)NC(=O)[C@H](C)N1CCC[C@H](C(=O)OCC)C1. The van der Waals surface area contributed by atoms with E-state index >= 15 is 0 Å². The molecule has 1 rings (SSSR count). The molecule has 0 aromatic heterocycles. The Balaban J connectivity index is 2.53. The summed E-state index contributed by atoms with van der Waals surface area (Å²) in [5.41, 5.74) is 0. The minimum absolute atomic E-state index is 0.196. The Kier molecular flexibility index (Phi) is 7.14. The quantitative estimate of drug-likeness (QED) is 0.722. The third-order valence-electron chi connectivity index (χ3n) is 3.57. The summed E-state index contributed by atoms with van der Waals surface area (Å²) in [4.78, 5) is 37.1. The van der Waals surface area contributed by atoms with Crippen molar-refractivity contribution in [3.05, 3.63) is 0 Å². The van der Waals surface area contributed by atoms with Crippen molar-refractivity contribution >= 4 is 17.9 Å². The molecule has 21 heavy (non-hydrogen) atoms. The molecule has 2 N–H and O–H groups in total. The molecule has 0 unspecified atom stereocenters. The number of piperidine rings is 1. The number of amides is 3. The lowest BCUT2D eigenvalue weighted by molar-refractivity contribution is -0.151. The van der Waals surface area contributed by atoms with Crippen LogP contribution >= 0.6 is 0 Å². The van der Waals surface area contributed by atoms with Crippen LogP contribution in [0.3, 0.4) is 0 Å². The van der Waals surface area contributed by atoms with Crippen LogP contribution in [0.1, 0.15) is 33.6 Å². The molecule has 3 amide bonds. The first-order chi connectivity index (χ1) is 9.99. The van der Waals surface area contributed by atoms with Crippen LogP contribution in [0.2, 0.25) is 0 Å². The zero-order chi connectivity index (χ0) is 15.8. The fraction of sp³-hybridized carbons (Fsp3) is 0.786. The molecule has 0 spiro atoms. The van der Waals surface area contributed by atoms with Gasteiger partial charge in [-0.2, -0.15) is 0 Å². The van der Waals surface area contributed by atoms with Crippen LogP contribution in [-0.2, 0) is 14.3 Å². The molecule has 1 fully saturated rings. The van der Waals surface area contributed by atoms with E-state index in [-0.39, 0.29) is 17.8 Å². The fourth-order valence-corrected chi connectivity index (χ4v) is 2.40. The van der Waals surface area contributed by atoms with Crippen LogP contribution < -0.4 is 10.6 Å². The minimum Gasteiger partial charge on any atom is -0.466 e. The molecule has 2 atom stereocenters. The number of nitrogens with zero attached hydrogens (tertiary/aromatic N) is 1. The van der Waals surface area contributed by atoms with Crippen molar-refractivity contribution in [2.45, 2.75) is 39.7 Å². The summed E-state index contributed by atoms with van der Waals surface area (Å²) in [7, 11) is 0. The third kappa shape index (κ3) is 5.34. The van der Waals surface area contributed by atoms with Gasteiger partial charge < -0.3 is 10.1 Å². The highest BCUT2D eigenvalue weighted by atomic mass is 16.5. The molecular formula is C14H25N3O4. The number of carbonyl (C=O) groups is 3. The molecule has 0 aliphatic carbocycles. The summed E-state index contributed by atoms with van der Waals surface area (Å²) in [6.45, 7) is 7.35. The second-order valence-corrected chi connectivity index (χ2v) is 5.11. The Morgan fingerprint density at radius 3 is 2.67 bits per heavy atom. The number of hydrogen-bond donors (Lipinski definition) is 2. The average molecular weight is 299 g/mol. The van der Waals surface area contributed by atoms with Gasteiger partial charge in [0, 0.05) is 13.1 Å². The summed E-state index contributed by atoms with van der Waals surface area (Å²) in [5.74, 6) is -0.762. The molecule has 7 heteroatoms. The maximum atomic E-state index is 12.0. The molecule has 0 aromatic rings. The van der Waals surface area contributed by atoms with Gasteiger partial charge in [-0.3, -0.25) is 19.8 Å². The number of likely N-dealkylation sites (tertiary alicyclic amines) is 1. The van der Waals surface area contributed by atoms with Gasteiger partial charge in [0.05, 0.1) is 18.6 Å². The van der Waals surface area contributed by atoms with E-state index in [2.05, 4.69) is 10.6 Å². The van der Waals surface area contributed by atoms with Crippen LogP contribution in [0.25, 0.3) is 0 Å². The van der Waals surface area contributed by atoms with Crippen molar-refractivity contribution in [1.82, 2.24) is 15.5 Å². The van der Waals surface area contributed by atoms with Gasteiger partial charge in [-0.1, -0.05) is 0 Å². The summed E-state index contributed by atoms with van der Waals surface area (Å²) in [6, 6.07) is -0.946. The predicted octanol–water partition coefficient (Wildman–Crippen LogP) is 0.496. The molecule has 7 nitrogen and oxygen atoms in total. The van der Waals surface area contributed by atoms with Gasteiger partial charge >= 0.3 is 12.0 Å². The number of ether oxygens (including phenoxy) is 1. The Morgan fingerprint density at radius 2 is 2.05 bits per heavy atom. The van der Waals surface area contributed by atoms with Crippen LogP contribution in [0.15, 0.2) is 0 Å². The molecule has 1 saturated heterocycles. The molecule has 0 bridgehead atoms. The molecule has 0 saturated carbocycles. The first kappa shape index (κ1) is 17.4. The first-order valence-corrected chi connectivity index (χ1v) is 7.48. The highest BCUT2D eigenvalue weighted by molar-refractivity contribution is 5.96. The number of carbonyl (C=O) groups excluding carboxylic acids is 3. The van der Waals surface area contributed by atoms with Gasteiger partial charge in [0.2, 0.25) is 5.91 Å². The Morgan fingerprint density at radius 1 is 1.33 bits per heavy atom. The van der Waals surface area contributed by atoms with Crippen LogP contribution in [0.5, 0.6) is 0 Å². The van der Waals surface area contributed by atoms with Crippen molar-refractivity contribution in [2.75, 3.05) is 26.2 Å². The summed E-state index contributed by atoms with van der Waals surface area (Å²) in [5, 5.41) is 4.81. The van der Waals surface area contributed by atoms with Crippen LogP contribution in [0.4, 0.5) is 4.79 Å². The standard InChI is InChI=1S/C14H25N3O4/c1-4-15-14(20)16-12(18)10(3)17-8-6-7-11(9-17)13(19)21-5-2/h10-11H,4-9H2,1-3H3,(H2,15,16,18,20)/t10-,11-/m0/s1. The second-order valence-electron chi connectivity index (χ2n) is 5.11. The van der Waals surface area contributed by atoms with E-state index in [0.717, 1.165) is 19.4 Å².